The number of β-amino-alcohol motifs (C(OH)–C–C–N with tert-alkyl or cyclic N) is 1. The lowest BCUT2D eigenvalue weighted by Gasteiger charge is -2.34. The molecule has 0 amide bonds. The average molecular weight is 264 g/mol. The maximum absolute atomic E-state index is 12.0. The van der Waals surface area contributed by atoms with Gasteiger partial charge in [-0.05, 0) is 19.3 Å². The van der Waals surface area contributed by atoms with E-state index in [1.807, 2.05) is 0 Å². The van der Waals surface area contributed by atoms with E-state index < -0.39 is 0 Å². The van der Waals surface area contributed by atoms with Crippen LogP contribution in [0.25, 0.3) is 0 Å². The van der Waals surface area contributed by atoms with Gasteiger partial charge >= 0.3 is 0 Å². The van der Waals surface area contributed by atoms with Gasteiger partial charge in [-0.2, -0.15) is 0 Å². The van der Waals surface area contributed by atoms with Crippen molar-refractivity contribution in [2.75, 3.05) is 44.2 Å². The highest BCUT2D eigenvalue weighted by Gasteiger charge is 2.22. The number of nitrogens with one attached hydrogen (secondary N) is 1. The predicted octanol–water partition coefficient (Wildman–Crippen LogP) is -0.627. The Morgan fingerprint density at radius 2 is 2.00 bits per heavy atom. The second-order valence-electron chi connectivity index (χ2n) is 5.22. The van der Waals surface area contributed by atoms with Gasteiger partial charge in [-0.3, -0.25) is 14.7 Å². The van der Waals surface area contributed by atoms with Crippen LogP contribution in [0.2, 0.25) is 0 Å². The highest BCUT2D eigenvalue weighted by atomic mass is 16.3. The minimum Gasteiger partial charge on any atom is -0.395 e. The second kappa shape index (κ2) is 5.30. The van der Waals surface area contributed by atoms with Gasteiger partial charge in [0, 0.05) is 38.3 Å². The fourth-order valence-corrected chi connectivity index (χ4v) is 2.90. The third kappa shape index (κ3) is 2.50. The topological polar surface area (TPSA) is 72.5 Å². The molecule has 0 unspecified atom stereocenters. The Hall–Kier alpha value is -1.40. The number of nitrogens with zero attached hydrogens (tertiary/aromatic N) is 3. The SMILES string of the molecule is O=c1[nH]c(N2CCN(CCO)CC2)nc2c1CCC2. The fourth-order valence-electron chi connectivity index (χ4n) is 2.90. The molecule has 6 nitrogen and oxygen atoms in total. The van der Waals surface area contributed by atoms with Gasteiger partial charge in [0.15, 0.2) is 0 Å². The van der Waals surface area contributed by atoms with E-state index in [1.165, 1.54) is 0 Å². The van der Waals surface area contributed by atoms with Gasteiger partial charge in [0.2, 0.25) is 5.95 Å². The van der Waals surface area contributed by atoms with Crippen LogP contribution < -0.4 is 10.5 Å². The highest BCUT2D eigenvalue weighted by Crippen LogP contribution is 2.18. The van der Waals surface area contributed by atoms with E-state index in [1.54, 1.807) is 0 Å². The molecule has 1 aliphatic heterocycles. The minimum absolute atomic E-state index is 0.0373. The number of rotatable bonds is 3. The summed E-state index contributed by atoms with van der Waals surface area (Å²) in [7, 11) is 0. The molecular weight excluding hydrogens is 244 g/mol. The Bertz CT molecular complexity index is 506. The van der Waals surface area contributed by atoms with Crippen molar-refractivity contribution >= 4 is 5.95 Å². The minimum atomic E-state index is 0.0373. The van der Waals surface area contributed by atoms with Crippen molar-refractivity contribution < 1.29 is 5.11 Å². The Morgan fingerprint density at radius 1 is 1.21 bits per heavy atom. The third-order valence-corrected chi connectivity index (χ3v) is 4.02. The lowest BCUT2D eigenvalue weighted by atomic mass is 10.2. The molecule has 1 fully saturated rings. The first kappa shape index (κ1) is 12.6. The fraction of sp³-hybridized carbons (Fsp3) is 0.692. The first-order valence-electron chi connectivity index (χ1n) is 6.98. The summed E-state index contributed by atoms with van der Waals surface area (Å²) in [6, 6.07) is 0. The quantitative estimate of drug-likeness (QED) is 0.761. The van der Waals surface area contributed by atoms with Crippen LogP contribution in [0.1, 0.15) is 17.7 Å². The molecule has 1 aromatic rings. The van der Waals surface area contributed by atoms with Gasteiger partial charge in [-0.1, -0.05) is 0 Å². The Labute approximate surface area is 112 Å². The summed E-state index contributed by atoms with van der Waals surface area (Å²) in [6.45, 7) is 4.43. The zero-order valence-electron chi connectivity index (χ0n) is 11.1. The average Bonchev–Trinajstić information content (AvgIpc) is 2.89. The standard InChI is InChI=1S/C13H20N4O2/c18-9-8-16-4-6-17(7-5-16)13-14-11-3-1-2-10(11)12(19)15-13/h18H,1-9H2,(H,14,15,19). The van der Waals surface area contributed by atoms with E-state index >= 15 is 0 Å². The molecule has 1 aliphatic carbocycles. The lowest BCUT2D eigenvalue weighted by molar-refractivity contribution is 0.188. The second-order valence-corrected chi connectivity index (χ2v) is 5.22. The number of aromatic amines is 1. The number of aliphatic hydroxyl groups is 1. The van der Waals surface area contributed by atoms with Crippen LogP contribution in [0.15, 0.2) is 4.79 Å². The van der Waals surface area contributed by atoms with Crippen LogP contribution in [0, 0.1) is 0 Å². The van der Waals surface area contributed by atoms with Crippen molar-refractivity contribution in [3.05, 3.63) is 21.6 Å². The number of aryl methyl sites for hydroxylation is 1. The molecule has 3 rings (SSSR count). The summed E-state index contributed by atoms with van der Waals surface area (Å²) < 4.78 is 0. The van der Waals surface area contributed by atoms with E-state index in [2.05, 4.69) is 19.8 Å². The van der Waals surface area contributed by atoms with Crippen molar-refractivity contribution in [1.82, 2.24) is 14.9 Å². The number of hydrogen-bond donors (Lipinski definition) is 2. The van der Waals surface area contributed by atoms with Gasteiger partial charge in [0.05, 0.1) is 12.3 Å². The Balaban J connectivity index is 1.74. The molecule has 6 heteroatoms. The summed E-state index contributed by atoms with van der Waals surface area (Å²) in [6.07, 6.45) is 2.83. The Kier molecular flexibility index (Phi) is 3.52. The molecule has 1 saturated heterocycles. The highest BCUT2D eigenvalue weighted by molar-refractivity contribution is 5.35. The molecular formula is C13H20N4O2. The normalized spacial score (nSPS) is 19.7. The van der Waals surface area contributed by atoms with Gasteiger partial charge in [-0.25, -0.2) is 4.98 Å². The summed E-state index contributed by atoms with van der Waals surface area (Å²) in [5, 5.41) is 8.93. The molecule has 2 aliphatic rings. The monoisotopic (exact) mass is 264 g/mol. The number of aliphatic hydroxyl groups excluding tert-OH is 1. The van der Waals surface area contributed by atoms with Gasteiger partial charge in [-0.15, -0.1) is 0 Å². The van der Waals surface area contributed by atoms with E-state index in [0.717, 1.165) is 63.2 Å². The summed E-state index contributed by atoms with van der Waals surface area (Å²) in [5.41, 5.74) is 1.90. The van der Waals surface area contributed by atoms with Crippen LogP contribution in [-0.2, 0) is 12.8 Å². The zero-order valence-corrected chi connectivity index (χ0v) is 11.1. The van der Waals surface area contributed by atoms with Crippen LogP contribution in [-0.4, -0.2) is 59.3 Å². The summed E-state index contributed by atoms with van der Waals surface area (Å²) in [4.78, 5) is 23.9. The number of piperazine rings is 1. The third-order valence-electron chi connectivity index (χ3n) is 4.02. The number of anilines is 1. The molecule has 104 valence electrons. The molecule has 0 spiro atoms. The van der Waals surface area contributed by atoms with Gasteiger partial charge < -0.3 is 10.0 Å². The number of H-pyrrole nitrogens is 1. The first-order chi connectivity index (χ1) is 9.28. The lowest BCUT2D eigenvalue weighted by Crippen LogP contribution is -2.48. The molecule has 0 atom stereocenters. The maximum Gasteiger partial charge on any atom is 0.255 e. The first-order valence-corrected chi connectivity index (χ1v) is 6.98. The smallest absolute Gasteiger partial charge is 0.255 e. The molecule has 0 bridgehead atoms. The molecule has 0 saturated carbocycles. The number of aromatic nitrogens is 2. The molecule has 19 heavy (non-hydrogen) atoms. The van der Waals surface area contributed by atoms with Crippen LogP contribution in [0.3, 0.4) is 0 Å². The molecule has 0 radical (unpaired) electrons. The zero-order chi connectivity index (χ0) is 13.2. The molecule has 2 N–H and O–H groups in total. The largest absolute Gasteiger partial charge is 0.395 e. The van der Waals surface area contributed by atoms with E-state index in [-0.39, 0.29) is 12.2 Å². The Morgan fingerprint density at radius 3 is 2.74 bits per heavy atom. The maximum atomic E-state index is 12.0. The van der Waals surface area contributed by atoms with E-state index in [9.17, 15) is 4.79 Å². The van der Waals surface area contributed by atoms with Crippen LogP contribution in [0.5, 0.6) is 0 Å². The van der Waals surface area contributed by atoms with Gasteiger partial charge in [0.25, 0.3) is 5.56 Å². The van der Waals surface area contributed by atoms with Crippen LogP contribution >= 0.6 is 0 Å². The predicted molar refractivity (Wildman–Crippen MR) is 72.6 cm³/mol. The molecule has 2 heterocycles. The number of fused-ring (bicyclic) bond motifs is 1. The van der Waals surface area contributed by atoms with Crippen LogP contribution in [0.4, 0.5) is 5.95 Å². The summed E-state index contributed by atoms with van der Waals surface area (Å²) in [5.74, 6) is 0.717. The molecule has 0 aromatic carbocycles. The van der Waals surface area contributed by atoms with Crippen molar-refractivity contribution in [1.29, 1.82) is 0 Å². The van der Waals surface area contributed by atoms with Gasteiger partial charge in [0.1, 0.15) is 0 Å². The van der Waals surface area contributed by atoms with Crippen molar-refractivity contribution in [3.63, 3.8) is 0 Å². The summed E-state index contributed by atoms with van der Waals surface area (Å²) >= 11 is 0. The van der Waals surface area contributed by atoms with E-state index in [4.69, 9.17) is 5.11 Å². The molecule has 1 aromatic heterocycles. The van der Waals surface area contributed by atoms with Crippen molar-refractivity contribution in [2.24, 2.45) is 0 Å². The number of hydrogen-bond acceptors (Lipinski definition) is 5. The van der Waals surface area contributed by atoms with E-state index in [0.29, 0.717) is 5.95 Å². The van der Waals surface area contributed by atoms with Crippen molar-refractivity contribution in [3.8, 4) is 0 Å². The van der Waals surface area contributed by atoms with Crippen molar-refractivity contribution in [2.45, 2.75) is 19.3 Å².